The summed E-state index contributed by atoms with van der Waals surface area (Å²) >= 11 is 5.93. The molecule has 0 atom stereocenters. The quantitative estimate of drug-likeness (QED) is 0.497. The number of hydrogen-bond donors (Lipinski definition) is 1. The number of anilines is 1. The second kappa shape index (κ2) is 9.80. The van der Waals surface area contributed by atoms with Gasteiger partial charge in [0.25, 0.3) is 0 Å². The standard InChI is InChI=1S/C24H22ClNO3/c1-17-6-3-4-7-19(17)16-29-22-12-10-18(14-23(22)28-2)11-13-24(27)26-21-9-5-8-20(25)15-21/h3-15H,16H2,1-2H3,(H,26,27). The summed E-state index contributed by atoms with van der Waals surface area (Å²) in [5.41, 5.74) is 3.77. The van der Waals surface area contributed by atoms with Crippen molar-refractivity contribution in [3.63, 3.8) is 0 Å². The number of halogens is 1. The number of carbonyl (C=O) groups excluding carboxylic acids is 1. The van der Waals surface area contributed by atoms with E-state index in [-0.39, 0.29) is 5.91 Å². The first-order valence-corrected chi connectivity index (χ1v) is 9.53. The molecule has 0 aromatic heterocycles. The van der Waals surface area contributed by atoms with Crippen molar-refractivity contribution in [1.82, 2.24) is 0 Å². The molecule has 4 nitrogen and oxygen atoms in total. The van der Waals surface area contributed by atoms with E-state index in [2.05, 4.69) is 18.3 Å². The van der Waals surface area contributed by atoms with Crippen LogP contribution in [0, 0.1) is 6.92 Å². The minimum absolute atomic E-state index is 0.244. The first kappa shape index (κ1) is 20.5. The normalized spacial score (nSPS) is 10.7. The van der Waals surface area contributed by atoms with Crippen molar-refractivity contribution in [3.05, 3.63) is 94.5 Å². The lowest BCUT2D eigenvalue weighted by atomic mass is 10.1. The maximum absolute atomic E-state index is 12.1. The third kappa shape index (κ3) is 5.87. The van der Waals surface area contributed by atoms with E-state index >= 15 is 0 Å². The minimum atomic E-state index is -0.244. The molecule has 1 amide bonds. The lowest BCUT2D eigenvalue weighted by Gasteiger charge is -2.12. The Morgan fingerprint density at radius 2 is 1.86 bits per heavy atom. The Kier molecular flexibility index (Phi) is 6.93. The van der Waals surface area contributed by atoms with Crippen LogP contribution >= 0.6 is 11.6 Å². The number of ether oxygens (including phenoxy) is 2. The molecule has 5 heteroatoms. The molecule has 3 aromatic rings. The molecule has 0 saturated heterocycles. The first-order chi connectivity index (χ1) is 14.0. The predicted octanol–water partition coefficient (Wildman–Crippen LogP) is 5.89. The Morgan fingerprint density at radius 3 is 2.62 bits per heavy atom. The van der Waals surface area contributed by atoms with E-state index < -0.39 is 0 Å². The summed E-state index contributed by atoms with van der Waals surface area (Å²) in [7, 11) is 1.59. The Bertz CT molecular complexity index is 1030. The van der Waals surface area contributed by atoms with Crippen LogP contribution in [0.4, 0.5) is 5.69 Å². The minimum Gasteiger partial charge on any atom is -0.493 e. The Hall–Kier alpha value is -3.24. The molecule has 1 N–H and O–H groups in total. The number of methoxy groups -OCH3 is 1. The van der Waals surface area contributed by atoms with Gasteiger partial charge in [-0.2, -0.15) is 0 Å². The largest absolute Gasteiger partial charge is 0.493 e. The topological polar surface area (TPSA) is 47.6 Å². The number of carbonyl (C=O) groups is 1. The summed E-state index contributed by atoms with van der Waals surface area (Å²) in [6, 6.07) is 20.6. The molecule has 0 fully saturated rings. The maximum atomic E-state index is 12.1. The lowest BCUT2D eigenvalue weighted by molar-refractivity contribution is -0.111. The molecule has 0 aliphatic heterocycles. The van der Waals surface area contributed by atoms with Gasteiger partial charge >= 0.3 is 0 Å². The summed E-state index contributed by atoms with van der Waals surface area (Å²) < 4.78 is 11.4. The molecule has 0 unspecified atom stereocenters. The van der Waals surface area contributed by atoms with Gasteiger partial charge in [0.15, 0.2) is 11.5 Å². The van der Waals surface area contributed by atoms with Crippen LogP contribution in [-0.2, 0) is 11.4 Å². The Morgan fingerprint density at radius 1 is 1.03 bits per heavy atom. The van der Waals surface area contributed by atoms with E-state index in [1.54, 1.807) is 37.5 Å². The molecule has 0 bridgehead atoms. The number of rotatable bonds is 7. The first-order valence-electron chi connectivity index (χ1n) is 9.15. The average molecular weight is 408 g/mol. The van der Waals surface area contributed by atoms with Gasteiger partial charge in [-0.3, -0.25) is 4.79 Å². The van der Waals surface area contributed by atoms with Gasteiger partial charge in [-0.1, -0.05) is 48.0 Å². The van der Waals surface area contributed by atoms with Crippen LogP contribution in [0.2, 0.25) is 5.02 Å². The van der Waals surface area contributed by atoms with Crippen LogP contribution in [0.25, 0.3) is 6.08 Å². The maximum Gasteiger partial charge on any atom is 0.248 e. The summed E-state index contributed by atoms with van der Waals surface area (Å²) in [4.78, 5) is 12.1. The van der Waals surface area contributed by atoms with Gasteiger partial charge < -0.3 is 14.8 Å². The zero-order valence-corrected chi connectivity index (χ0v) is 17.1. The monoisotopic (exact) mass is 407 g/mol. The van der Waals surface area contributed by atoms with Crippen molar-refractivity contribution in [1.29, 1.82) is 0 Å². The SMILES string of the molecule is COc1cc(C=CC(=O)Nc2cccc(Cl)c2)ccc1OCc1ccccc1C. The molecular weight excluding hydrogens is 386 g/mol. The fourth-order valence-electron chi connectivity index (χ4n) is 2.76. The highest BCUT2D eigenvalue weighted by molar-refractivity contribution is 6.30. The van der Waals surface area contributed by atoms with Gasteiger partial charge in [-0.05, 0) is 60.0 Å². The van der Waals surface area contributed by atoms with Crippen LogP contribution in [0.15, 0.2) is 72.8 Å². The van der Waals surface area contributed by atoms with Crippen LogP contribution in [-0.4, -0.2) is 13.0 Å². The molecule has 148 valence electrons. The van der Waals surface area contributed by atoms with Crippen LogP contribution < -0.4 is 14.8 Å². The van der Waals surface area contributed by atoms with Crippen molar-refractivity contribution in [2.45, 2.75) is 13.5 Å². The lowest BCUT2D eigenvalue weighted by Crippen LogP contribution is -2.07. The Balaban J connectivity index is 1.65. The van der Waals surface area contributed by atoms with Crippen molar-refractivity contribution in [2.75, 3.05) is 12.4 Å². The molecule has 0 spiro atoms. The van der Waals surface area contributed by atoms with E-state index in [1.807, 2.05) is 36.4 Å². The van der Waals surface area contributed by atoms with Crippen molar-refractivity contribution in [2.24, 2.45) is 0 Å². The second-order valence-corrected chi connectivity index (χ2v) is 6.89. The fraction of sp³-hybridized carbons (Fsp3) is 0.125. The highest BCUT2D eigenvalue weighted by atomic mass is 35.5. The van der Waals surface area contributed by atoms with Crippen molar-refractivity contribution < 1.29 is 14.3 Å². The van der Waals surface area contributed by atoms with Crippen molar-refractivity contribution >= 4 is 29.3 Å². The van der Waals surface area contributed by atoms with E-state index in [1.165, 1.54) is 11.6 Å². The molecule has 0 aliphatic carbocycles. The zero-order chi connectivity index (χ0) is 20.6. The molecule has 0 saturated carbocycles. The molecule has 3 rings (SSSR count). The smallest absolute Gasteiger partial charge is 0.248 e. The third-order valence-corrected chi connectivity index (χ3v) is 4.59. The summed E-state index contributed by atoms with van der Waals surface area (Å²) in [6.45, 7) is 2.51. The number of nitrogens with one attached hydrogen (secondary N) is 1. The van der Waals surface area contributed by atoms with Gasteiger partial charge in [-0.25, -0.2) is 0 Å². The van der Waals surface area contributed by atoms with Gasteiger partial charge in [0.05, 0.1) is 7.11 Å². The molecule has 0 heterocycles. The molecule has 0 aliphatic rings. The van der Waals surface area contributed by atoms with Gasteiger partial charge in [0.2, 0.25) is 5.91 Å². The number of hydrogen-bond acceptors (Lipinski definition) is 3. The average Bonchev–Trinajstić information content (AvgIpc) is 2.72. The summed E-state index contributed by atoms with van der Waals surface area (Å²) in [5.74, 6) is 1.01. The molecule has 29 heavy (non-hydrogen) atoms. The molecule has 3 aromatic carbocycles. The second-order valence-electron chi connectivity index (χ2n) is 6.46. The highest BCUT2D eigenvalue weighted by Gasteiger charge is 2.07. The summed E-state index contributed by atoms with van der Waals surface area (Å²) in [5, 5.41) is 3.34. The van der Waals surface area contributed by atoms with Gasteiger partial charge in [0.1, 0.15) is 6.61 Å². The van der Waals surface area contributed by atoms with Crippen molar-refractivity contribution in [3.8, 4) is 11.5 Å². The summed E-state index contributed by atoms with van der Waals surface area (Å²) in [6.07, 6.45) is 3.18. The van der Waals surface area contributed by atoms with E-state index in [4.69, 9.17) is 21.1 Å². The predicted molar refractivity (Wildman–Crippen MR) is 118 cm³/mol. The van der Waals surface area contributed by atoms with E-state index in [9.17, 15) is 4.79 Å². The molecule has 0 radical (unpaired) electrons. The van der Waals surface area contributed by atoms with E-state index in [0.29, 0.717) is 28.8 Å². The number of aryl methyl sites for hydroxylation is 1. The zero-order valence-electron chi connectivity index (χ0n) is 16.3. The highest BCUT2D eigenvalue weighted by Crippen LogP contribution is 2.29. The number of amides is 1. The van der Waals surface area contributed by atoms with Crippen LogP contribution in [0.5, 0.6) is 11.5 Å². The van der Waals surface area contributed by atoms with Gasteiger partial charge in [0, 0.05) is 16.8 Å². The van der Waals surface area contributed by atoms with Gasteiger partial charge in [-0.15, -0.1) is 0 Å². The third-order valence-electron chi connectivity index (χ3n) is 4.35. The van der Waals surface area contributed by atoms with Crippen LogP contribution in [0.3, 0.4) is 0 Å². The van der Waals surface area contributed by atoms with Crippen LogP contribution in [0.1, 0.15) is 16.7 Å². The number of benzene rings is 3. The fourth-order valence-corrected chi connectivity index (χ4v) is 2.95. The van der Waals surface area contributed by atoms with E-state index in [0.717, 1.165) is 11.1 Å². The Labute approximate surface area is 175 Å². The molecular formula is C24H22ClNO3.